The summed E-state index contributed by atoms with van der Waals surface area (Å²) in [5, 5.41) is 2.69. The lowest BCUT2D eigenvalue weighted by molar-refractivity contribution is -0.120. The molecule has 0 aromatic heterocycles. The lowest BCUT2D eigenvalue weighted by Crippen LogP contribution is -2.33. The molecule has 2 amide bonds. The maximum absolute atomic E-state index is 11.8. The van der Waals surface area contributed by atoms with Crippen LogP contribution in [0.1, 0.15) is 27.2 Å². The normalized spacial score (nSPS) is 10.2. The summed E-state index contributed by atoms with van der Waals surface area (Å²) in [4.78, 5) is 25.0. The molecule has 0 aliphatic rings. The number of hydrogen-bond donors (Lipinski definition) is 1. The van der Waals surface area contributed by atoms with Crippen LogP contribution in [0.15, 0.2) is 36.9 Å². The largest absolute Gasteiger partial charge is 0.491 e. The van der Waals surface area contributed by atoms with E-state index in [4.69, 9.17) is 4.74 Å². The van der Waals surface area contributed by atoms with Crippen molar-refractivity contribution in [2.75, 3.05) is 18.0 Å². The van der Waals surface area contributed by atoms with E-state index < -0.39 is 0 Å². The standard InChI is InChI=1S/C17H24N2O3/c1-5-11-18-17(21)10-12-19(14(4)20)15-6-8-16(9-7-15)22-13(2)3/h5-9,13H,1,10-12H2,2-4H3,(H,18,21). The topological polar surface area (TPSA) is 58.6 Å². The van der Waals surface area contributed by atoms with Gasteiger partial charge < -0.3 is 15.0 Å². The van der Waals surface area contributed by atoms with Crippen molar-refractivity contribution in [2.24, 2.45) is 0 Å². The van der Waals surface area contributed by atoms with Crippen LogP contribution >= 0.6 is 0 Å². The summed E-state index contributed by atoms with van der Waals surface area (Å²) in [6, 6.07) is 7.29. The molecule has 0 spiro atoms. The number of nitrogens with zero attached hydrogens (tertiary/aromatic N) is 1. The molecule has 0 saturated carbocycles. The first-order valence-electron chi connectivity index (χ1n) is 7.36. The van der Waals surface area contributed by atoms with Crippen LogP contribution in [0.4, 0.5) is 5.69 Å². The fourth-order valence-corrected chi connectivity index (χ4v) is 1.93. The van der Waals surface area contributed by atoms with Crippen molar-refractivity contribution >= 4 is 17.5 Å². The molecule has 0 aliphatic carbocycles. The van der Waals surface area contributed by atoms with Gasteiger partial charge in [-0.3, -0.25) is 9.59 Å². The Hall–Kier alpha value is -2.30. The van der Waals surface area contributed by atoms with E-state index in [1.807, 2.05) is 38.1 Å². The molecule has 22 heavy (non-hydrogen) atoms. The average molecular weight is 304 g/mol. The second kappa shape index (κ2) is 8.87. The summed E-state index contributed by atoms with van der Waals surface area (Å²) in [6.07, 6.45) is 1.97. The number of benzene rings is 1. The lowest BCUT2D eigenvalue weighted by Gasteiger charge is -2.21. The van der Waals surface area contributed by atoms with Crippen molar-refractivity contribution in [3.63, 3.8) is 0 Å². The molecule has 0 radical (unpaired) electrons. The van der Waals surface area contributed by atoms with Crippen molar-refractivity contribution in [2.45, 2.75) is 33.3 Å². The molecule has 0 atom stereocenters. The van der Waals surface area contributed by atoms with E-state index in [1.54, 1.807) is 11.0 Å². The van der Waals surface area contributed by atoms with Crippen molar-refractivity contribution in [3.8, 4) is 5.75 Å². The summed E-state index contributed by atoms with van der Waals surface area (Å²) in [6.45, 7) is 9.71. The van der Waals surface area contributed by atoms with Crippen LogP contribution < -0.4 is 15.0 Å². The molecule has 0 fully saturated rings. The Bertz CT molecular complexity index is 509. The Balaban J connectivity index is 2.68. The highest BCUT2D eigenvalue weighted by atomic mass is 16.5. The molecule has 1 aromatic carbocycles. The summed E-state index contributed by atoms with van der Waals surface area (Å²) in [5.74, 6) is 0.547. The average Bonchev–Trinajstić information content (AvgIpc) is 2.46. The number of carbonyl (C=O) groups excluding carboxylic acids is 2. The van der Waals surface area contributed by atoms with E-state index in [0.717, 1.165) is 11.4 Å². The fourth-order valence-electron chi connectivity index (χ4n) is 1.93. The summed E-state index contributed by atoms with van der Waals surface area (Å²) in [7, 11) is 0. The van der Waals surface area contributed by atoms with Gasteiger partial charge in [-0.1, -0.05) is 6.08 Å². The zero-order chi connectivity index (χ0) is 16.5. The van der Waals surface area contributed by atoms with Crippen molar-refractivity contribution < 1.29 is 14.3 Å². The minimum atomic E-state index is -0.106. The Morgan fingerprint density at radius 3 is 2.45 bits per heavy atom. The monoisotopic (exact) mass is 304 g/mol. The van der Waals surface area contributed by atoms with E-state index in [2.05, 4.69) is 11.9 Å². The Labute approximate surface area is 132 Å². The van der Waals surface area contributed by atoms with Gasteiger partial charge >= 0.3 is 0 Å². The van der Waals surface area contributed by atoms with Gasteiger partial charge in [-0.15, -0.1) is 6.58 Å². The number of ether oxygens (including phenoxy) is 1. The molecule has 0 aliphatic heterocycles. The Morgan fingerprint density at radius 1 is 1.32 bits per heavy atom. The SMILES string of the molecule is C=CCNC(=O)CCN(C(C)=O)c1ccc(OC(C)C)cc1. The first kappa shape index (κ1) is 17.8. The summed E-state index contributed by atoms with van der Waals surface area (Å²) in [5.41, 5.74) is 0.750. The predicted octanol–water partition coefficient (Wildman–Crippen LogP) is 2.52. The zero-order valence-electron chi connectivity index (χ0n) is 13.5. The molecule has 0 saturated heterocycles. The van der Waals surface area contributed by atoms with Gasteiger partial charge in [0.15, 0.2) is 0 Å². The van der Waals surface area contributed by atoms with Gasteiger partial charge in [-0.2, -0.15) is 0 Å². The van der Waals surface area contributed by atoms with Gasteiger partial charge in [0.2, 0.25) is 11.8 Å². The molecule has 5 heteroatoms. The number of amides is 2. The van der Waals surface area contributed by atoms with E-state index in [9.17, 15) is 9.59 Å². The Morgan fingerprint density at radius 2 is 1.95 bits per heavy atom. The number of carbonyl (C=O) groups is 2. The number of hydrogen-bond acceptors (Lipinski definition) is 3. The molecule has 1 N–H and O–H groups in total. The van der Waals surface area contributed by atoms with Crippen molar-refractivity contribution in [1.82, 2.24) is 5.32 Å². The molecule has 5 nitrogen and oxygen atoms in total. The number of anilines is 1. The van der Waals surface area contributed by atoms with Gasteiger partial charge in [0.25, 0.3) is 0 Å². The third kappa shape index (κ3) is 5.99. The van der Waals surface area contributed by atoms with Crippen LogP contribution in [0.2, 0.25) is 0 Å². The van der Waals surface area contributed by atoms with Crippen LogP contribution in [0.3, 0.4) is 0 Å². The number of rotatable bonds is 8. The predicted molar refractivity (Wildman–Crippen MR) is 88.1 cm³/mol. The van der Waals surface area contributed by atoms with Crippen LogP contribution in [0.5, 0.6) is 5.75 Å². The molecular weight excluding hydrogens is 280 g/mol. The van der Waals surface area contributed by atoms with E-state index in [-0.39, 0.29) is 24.3 Å². The molecule has 120 valence electrons. The summed E-state index contributed by atoms with van der Waals surface area (Å²) >= 11 is 0. The van der Waals surface area contributed by atoms with Crippen LogP contribution in [-0.4, -0.2) is 31.0 Å². The van der Waals surface area contributed by atoms with Crippen molar-refractivity contribution in [1.29, 1.82) is 0 Å². The first-order valence-corrected chi connectivity index (χ1v) is 7.36. The van der Waals surface area contributed by atoms with Gasteiger partial charge in [0.05, 0.1) is 6.10 Å². The fraction of sp³-hybridized carbons (Fsp3) is 0.412. The Kier molecular flexibility index (Phi) is 7.16. The van der Waals surface area contributed by atoms with Crippen LogP contribution in [0.25, 0.3) is 0 Å². The van der Waals surface area contributed by atoms with E-state index in [1.165, 1.54) is 6.92 Å². The van der Waals surface area contributed by atoms with Gasteiger partial charge in [-0.25, -0.2) is 0 Å². The van der Waals surface area contributed by atoms with Gasteiger partial charge in [0.1, 0.15) is 5.75 Å². The van der Waals surface area contributed by atoms with Crippen LogP contribution in [-0.2, 0) is 9.59 Å². The van der Waals surface area contributed by atoms with Crippen LogP contribution in [0, 0.1) is 0 Å². The third-order valence-corrected chi connectivity index (χ3v) is 2.91. The van der Waals surface area contributed by atoms with Crippen molar-refractivity contribution in [3.05, 3.63) is 36.9 Å². The summed E-state index contributed by atoms with van der Waals surface area (Å²) < 4.78 is 5.57. The zero-order valence-corrected chi connectivity index (χ0v) is 13.5. The molecular formula is C17H24N2O3. The highest BCUT2D eigenvalue weighted by Crippen LogP contribution is 2.20. The minimum Gasteiger partial charge on any atom is -0.491 e. The molecule has 0 bridgehead atoms. The van der Waals surface area contributed by atoms with E-state index >= 15 is 0 Å². The second-order valence-corrected chi connectivity index (χ2v) is 5.17. The second-order valence-electron chi connectivity index (χ2n) is 5.17. The number of nitrogens with one attached hydrogen (secondary N) is 1. The van der Waals surface area contributed by atoms with Gasteiger partial charge in [0, 0.05) is 32.1 Å². The quantitative estimate of drug-likeness (QED) is 0.751. The smallest absolute Gasteiger partial charge is 0.223 e. The maximum atomic E-state index is 11.8. The lowest BCUT2D eigenvalue weighted by atomic mass is 10.2. The molecule has 0 unspecified atom stereocenters. The maximum Gasteiger partial charge on any atom is 0.223 e. The highest BCUT2D eigenvalue weighted by molar-refractivity contribution is 5.92. The minimum absolute atomic E-state index is 0.100. The highest BCUT2D eigenvalue weighted by Gasteiger charge is 2.13. The van der Waals surface area contributed by atoms with Gasteiger partial charge in [-0.05, 0) is 38.1 Å². The molecule has 1 rings (SSSR count). The molecule has 1 aromatic rings. The third-order valence-electron chi connectivity index (χ3n) is 2.91. The van der Waals surface area contributed by atoms with E-state index in [0.29, 0.717) is 13.1 Å². The molecule has 0 heterocycles. The first-order chi connectivity index (χ1) is 10.4.